The average molecular weight is 325 g/mol. The molecule has 0 bridgehead atoms. The number of benzene rings is 2. The molecule has 0 saturated heterocycles. The van der Waals surface area contributed by atoms with E-state index in [1.807, 2.05) is 12.1 Å². The van der Waals surface area contributed by atoms with E-state index in [2.05, 4.69) is 15.3 Å². The largest absolute Gasteiger partial charge is 0.366 e. The maximum Gasteiger partial charge on any atom is 0.248 e. The Balaban J connectivity index is 1.86. The van der Waals surface area contributed by atoms with Crippen molar-refractivity contribution in [1.82, 2.24) is 9.97 Å². The summed E-state index contributed by atoms with van der Waals surface area (Å²) in [6.07, 6.45) is 3.28. The lowest BCUT2D eigenvalue weighted by Gasteiger charge is -2.07. The second kappa shape index (κ2) is 6.46. The summed E-state index contributed by atoms with van der Waals surface area (Å²) in [7, 11) is 0. The number of anilines is 2. The minimum atomic E-state index is -0.459. The molecule has 0 radical (unpaired) electrons. The summed E-state index contributed by atoms with van der Waals surface area (Å²) in [4.78, 5) is 19.8. The number of primary amides is 1. The lowest BCUT2D eigenvalue weighted by molar-refractivity contribution is 0.100. The van der Waals surface area contributed by atoms with Gasteiger partial charge >= 0.3 is 0 Å². The molecule has 23 heavy (non-hydrogen) atoms. The van der Waals surface area contributed by atoms with Crippen molar-refractivity contribution in [2.24, 2.45) is 5.73 Å². The van der Waals surface area contributed by atoms with Crippen molar-refractivity contribution in [1.29, 1.82) is 0 Å². The first-order chi connectivity index (χ1) is 11.1. The number of aromatic nitrogens is 2. The summed E-state index contributed by atoms with van der Waals surface area (Å²) < 4.78 is 0. The maximum absolute atomic E-state index is 11.1. The van der Waals surface area contributed by atoms with Gasteiger partial charge in [-0.15, -0.1) is 0 Å². The zero-order valence-corrected chi connectivity index (χ0v) is 12.8. The minimum Gasteiger partial charge on any atom is -0.366 e. The predicted molar refractivity (Wildman–Crippen MR) is 90.7 cm³/mol. The standard InChI is InChI=1S/C17H13ClN4O/c18-13-2-1-3-14(8-13)21-16-10-20-9-15(22-16)11-4-6-12(7-5-11)17(19)23/h1-10H,(H2,19,23)(H,21,22). The molecule has 1 aromatic heterocycles. The van der Waals surface area contributed by atoms with Crippen molar-refractivity contribution >= 4 is 29.0 Å². The molecule has 3 aromatic rings. The van der Waals surface area contributed by atoms with Crippen LogP contribution in [0.4, 0.5) is 11.5 Å². The van der Waals surface area contributed by atoms with Gasteiger partial charge in [-0.25, -0.2) is 4.98 Å². The third kappa shape index (κ3) is 3.64. The van der Waals surface area contributed by atoms with Crippen molar-refractivity contribution in [2.45, 2.75) is 0 Å². The molecule has 0 fully saturated rings. The summed E-state index contributed by atoms with van der Waals surface area (Å²) in [5.74, 6) is 0.141. The van der Waals surface area contributed by atoms with Crippen LogP contribution in [-0.2, 0) is 0 Å². The Morgan fingerprint density at radius 1 is 1.09 bits per heavy atom. The van der Waals surface area contributed by atoms with Crippen LogP contribution in [0.25, 0.3) is 11.3 Å². The molecule has 3 rings (SSSR count). The fourth-order valence-electron chi connectivity index (χ4n) is 2.08. The summed E-state index contributed by atoms with van der Waals surface area (Å²) >= 11 is 5.96. The van der Waals surface area contributed by atoms with Crippen LogP contribution < -0.4 is 11.1 Å². The molecule has 0 aliphatic heterocycles. The van der Waals surface area contributed by atoms with E-state index < -0.39 is 5.91 Å². The fraction of sp³-hybridized carbons (Fsp3) is 0. The number of nitrogens with zero attached hydrogens (tertiary/aromatic N) is 2. The number of halogens is 1. The van der Waals surface area contributed by atoms with Crippen LogP contribution in [0.1, 0.15) is 10.4 Å². The predicted octanol–water partition coefficient (Wildman–Crippen LogP) is 3.64. The van der Waals surface area contributed by atoms with Crippen molar-refractivity contribution < 1.29 is 4.79 Å². The fourth-order valence-corrected chi connectivity index (χ4v) is 2.27. The molecule has 114 valence electrons. The van der Waals surface area contributed by atoms with E-state index in [0.29, 0.717) is 22.1 Å². The monoisotopic (exact) mass is 324 g/mol. The molecule has 2 aromatic carbocycles. The first kappa shape index (κ1) is 15.0. The Labute approximate surface area is 138 Å². The highest BCUT2D eigenvalue weighted by atomic mass is 35.5. The summed E-state index contributed by atoms with van der Waals surface area (Å²) in [6.45, 7) is 0. The first-order valence-corrected chi connectivity index (χ1v) is 7.24. The van der Waals surface area contributed by atoms with Crippen molar-refractivity contribution in [3.05, 3.63) is 71.5 Å². The lowest BCUT2D eigenvalue weighted by atomic mass is 10.1. The van der Waals surface area contributed by atoms with E-state index in [4.69, 9.17) is 17.3 Å². The van der Waals surface area contributed by atoms with E-state index >= 15 is 0 Å². The Kier molecular flexibility index (Phi) is 4.21. The Morgan fingerprint density at radius 3 is 2.57 bits per heavy atom. The topological polar surface area (TPSA) is 80.9 Å². The van der Waals surface area contributed by atoms with Crippen molar-refractivity contribution in [2.75, 3.05) is 5.32 Å². The number of rotatable bonds is 4. The third-order valence-electron chi connectivity index (χ3n) is 3.20. The van der Waals surface area contributed by atoms with Gasteiger partial charge in [0.2, 0.25) is 5.91 Å². The molecule has 0 saturated carbocycles. The maximum atomic E-state index is 11.1. The normalized spacial score (nSPS) is 10.3. The van der Waals surface area contributed by atoms with Gasteiger partial charge in [0.25, 0.3) is 0 Å². The van der Waals surface area contributed by atoms with Crippen LogP contribution >= 0.6 is 11.6 Å². The highest BCUT2D eigenvalue weighted by Crippen LogP contribution is 2.22. The van der Waals surface area contributed by atoms with Gasteiger partial charge in [-0.1, -0.05) is 29.8 Å². The summed E-state index contributed by atoms with van der Waals surface area (Å²) in [5.41, 5.74) is 8.05. The number of carbonyl (C=O) groups is 1. The third-order valence-corrected chi connectivity index (χ3v) is 3.43. The number of amides is 1. The van der Waals surface area contributed by atoms with Gasteiger partial charge in [0.1, 0.15) is 5.82 Å². The molecule has 0 atom stereocenters. The van der Waals surface area contributed by atoms with E-state index in [9.17, 15) is 4.79 Å². The molecule has 0 unspecified atom stereocenters. The summed E-state index contributed by atoms with van der Waals surface area (Å²) in [6, 6.07) is 14.2. The van der Waals surface area contributed by atoms with Crippen LogP contribution in [-0.4, -0.2) is 15.9 Å². The molecular formula is C17H13ClN4O. The highest BCUT2D eigenvalue weighted by Gasteiger charge is 2.05. The van der Waals surface area contributed by atoms with Gasteiger partial charge in [-0.2, -0.15) is 0 Å². The van der Waals surface area contributed by atoms with E-state index in [-0.39, 0.29) is 0 Å². The van der Waals surface area contributed by atoms with Gasteiger partial charge in [0.05, 0.1) is 18.1 Å². The molecular weight excluding hydrogens is 312 g/mol. The number of hydrogen-bond donors (Lipinski definition) is 2. The van der Waals surface area contributed by atoms with Gasteiger partial charge in [-0.3, -0.25) is 9.78 Å². The molecule has 0 spiro atoms. The quantitative estimate of drug-likeness (QED) is 0.767. The highest BCUT2D eigenvalue weighted by molar-refractivity contribution is 6.30. The van der Waals surface area contributed by atoms with Crippen LogP contribution in [0.5, 0.6) is 0 Å². The molecule has 1 amide bonds. The number of carbonyl (C=O) groups excluding carboxylic acids is 1. The zero-order valence-electron chi connectivity index (χ0n) is 12.0. The van der Waals surface area contributed by atoms with Crippen LogP contribution in [0.2, 0.25) is 5.02 Å². The van der Waals surface area contributed by atoms with Gasteiger partial charge < -0.3 is 11.1 Å². The smallest absolute Gasteiger partial charge is 0.248 e. The Hall–Kier alpha value is -2.92. The van der Waals surface area contributed by atoms with Crippen LogP contribution in [0, 0.1) is 0 Å². The molecule has 0 aliphatic carbocycles. The first-order valence-electron chi connectivity index (χ1n) is 6.87. The lowest BCUT2D eigenvalue weighted by Crippen LogP contribution is -2.10. The Bertz CT molecular complexity index is 849. The van der Waals surface area contributed by atoms with Crippen molar-refractivity contribution in [3.63, 3.8) is 0 Å². The van der Waals surface area contributed by atoms with E-state index in [1.54, 1.807) is 48.8 Å². The van der Waals surface area contributed by atoms with Gasteiger partial charge in [0.15, 0.2) is 0 Å². The van der Waals surface area contributed by atoms with Crippen LogP contribution in [0.15, 0.2) is 60.9 Å². The number of nitrogens with one attached hydrogen (secondary N) is 1. The van der Waals surface area contributed by atoms with Gasteiger partial charge in [-0.05, 0) is 30.3 Å². The van der Waals surface area contributed by atoms with Crippen molar-refractivity contribution in [3.8, 4) is 11.3 Å². The van der Waals surface area contributed by atoms with Crippen LogP contribution in [0.3, 0.4) is 0 Å². The molecule has 0 aliphatic rings. The molecule has 1 heterocycles. The second-order valence-electron chi connectivity index (χ2n) is 4.87. The van der Waals surface area contributed by atoms with E-state index in [1.165, 1.54) is 0 Å². The molecule has 3 N–H and O–H groups in total. The minimum absolute atomic E-state index is 0.454. The molecule has 6 heteroatoms. The number of hydrogen-bond acceptors (Lipinski definition) is 4. The number of nitrogens with two attached hydrogens (primary N) is 1. The zero-order chi connectivity index (χ0) is 16.2. The Morgan fingerprint density at radius 2 is 1.87 bits per heavy atom. The van der Waals surface area contributed by atoms with E-state index in [0.717, 1.165) is 11.3 Å². The average Bonchev–Trinajstić information content (AvgIpc) is 2.55. The SMILES string of the molecule is NC(=O)c1ccc(-c2cncc(Nc3cccc(Cl)c3)n2)cc1. The summed E-state index contributed by atoms with van der Waals surface area (Å²) in [5, 5.41) is 3.79. The van der Waals surface area contributed by atoms with Gasteiger partial charge in [0, 0.05) is 21.8 Å². The molecule has 5 nitrogen and oxygen atoms in total. The second-order valence-corrected chi connectivity index (χ2v) is 5.30.